The van der Waals surface area contributed by atoms with E-state index in [-0.39, 0.29) is 16.9 Å². The monoisotopic (exact) mass is 496 g/mol. The third-order valence-electron chi connectivity index (χ3n) is 6.92. The van der Waals surface area contributed by atoms with Gasteiger partial charge in [0.05, 0.1) is 11.6 Å². The van der Waals surface area contributed by atoms with E-state index in [0.717, 1.165) is 22.3 Å². The number of imidazole rings is 1. The molecule has 1 aliphatic carbocycles. The number of aromatic nitrogens is 2. The van der Waals surface area contributed by atoms with E-state index in [9.17, 15) is 18.8 Å². The molecule has 2 N–H and O–H groups in total. The second kappa shape index (κ2) is 9.29. The van der Waals surface area contributed by atoms with Gasteiger partial charge in [0.25, 0.3) is 11.8 Å². The van der Waals surface area contributed by atoms with E-state index >= 15 is 0 Å². The van der Waals surface area contributed by atoms with Crippen LogP contribution in [0.2, 0.25) is 0 Å². The molecule has 1 heterocycles. The van der Waals surface area contributed by atoms with Gasteiger partial charge in [-0.05, 0) is 80.1 Å². The van der Waals surface area contributed by atoms with Gasteiger partial charge in [-0.15, -0.1) is 0 Å². The molecule has 1 aromatic heterocycles. The minimum atomic E-state index is -2.91. The topological polar surface area (TPSA) is 81.6 Å². The van der Waals surface area contributed by atoms with Gasteiger partial charge in [-0.25, -0.2) is 13.8 Å². The number of carbonyl (C=O) groups is 1. The highest BCUT2D eigenvalue weighted by Crippen LogP contribution is 2.50. The summed E-state index contributed by atoms with van der Waals surface area (Å²) in [7, 11) is 0. The molecule has 5 rings (SSSR count). The number of H-pyrrole nitrogens is 1. The van der Waals surface area contributed by atoms with Crippen LogP contribution in [-0.2, 0) is 5.92 Å². The van der Waals surface area contributed by atoms with Crippen molar-refractivity contribution in [1.29, 1.82) is 5.26 Å². The number of amides is 1. The maximum Gasteiger partial charge on any atom is 0.276 e. The maximum absolute atomic E-state index is 14.6. The summed E-state index contributed by atoms with van der Waals surface area (Å²) in [5.74, 6) is -3.58. The number of nitrogens with zero attached hydrogens (tertiary/aromatic N) is 2. The number of aromatic amines is 1. The van der Waals surface area contributed by atoms with Crippen molar-refractivity contribution in [2.75, 3.05) is 5.32 Å². The van der Waals surface area contributed by atoms with Crippen molar-refractivity contribution in [1.82, 2.24) is 9.97 Å². The Balaban J connectivity index is 1.47. The molecule has 7 heteroatoms. The fourth-order valence-corrected chi connectivity index (χ4v) is 4.66. The zero-order chi connectivity index (χ0) is 26.3. The Morgan fingerprint density at radius 3 is 2.46 bits per heavy atom. The van der Waals surface area contributed by atoms with E-state index in [2.05, 4.69) is 21.4 Å². The number of aryl methyl sites for hydroxylation is 2. The summed E-state index contributed by atoms with van der Waals surface area (Å²) < 4.78 is 29.1. The van der Waals surface area contributed by atoms with Crippen LogP contribution in [0.4, 0.5) is 14.5 Å². The van der Waals surface area contributed by atoms with Crippen LogP contribution in [0.15, 0.2) is 60.7 Å². The zero-order valence-corrected chi connectivity index (χ0v) is 20.8. The van der Waals surface area contributed by atoms with Crippen molar-refractivity contribution in [2.45, 2.75) is 39.5 Å². The number of nitrogens with one attached hydrogen (secondary N) is 2. The van der Waals surface area contributed by atoms with E-state index < -0.39 is 17.7 Å². The molecule has 0 atom stereocenters. The predicted molar refractivity (Wildman–Crippen MR) is 139 cm³/mol. The highest BCUT2D eigenvalue weighted by Gasteiger charge is 2.47. The molecular formula is C30H26F2N4O. The molecule has 4 aromatic rings. The Morgan fingerprint density at radius 1 is 1.03 bits per heavy atom. The number of carbonyl (C=O) groups excluding carboxylic acids is 1. The Morgan fingerprint density at radius 2 is 1.76 bits per heavy atom. The first-order valence-corrected chi connectivity index (χ1v) is 12.2. The fraction of sp³-hybridized carbons (Fsp3) is 0.233. The number of hydrogen-bond donors (Lipinski definition) is 2. The molecule has 3 aromatic carbocycles. The van der Waals surface area contributed by atoms with Crippen LogP contribution in [0.3, 0.4) is 0 Å². The summed E-state index contributed by atoms with van der Waals surface area (Å²) in [6, 6.07) is 19.6. The van der Waals surface area contributed by atoms with Crippen LogP contribution in [0, 0.1) is 38.0 Å². The van der Waals surface area contributed by atoms with Crippen molar-refractivity contribution >= 4 is 11.6 Å². The van der Waals surface area contributed by atoms with Gasteiger partial charge in [0, 0.05) is 28.4 Å². The number of benzene rings is 3. The quantitative estimate of drug-likeness (QED) is 0.294. The summed E-state index contributed by atoms with van der Waals surface area (Å²) in [4.78, 5) is 20.8. The zero-order valence-electron chi connectivity index (χ0n) is 20.8. The highest BCUT2D eigenvalue weighted by atomic mass is 19.3. The summed E-state index contributed by atoms with van der Waals surface area (Å²) >= 11 is 0. The van der Waals surface area contributed by atoms with Crippen LogP contribution in [0.25, 0.3) is 22.5 Å². The van der Waals surface area contributed by atoms with Crippen molar-refractivity contribution in [3.8, 4) is 28.6 Å². The largest absolute Gasteiger partial charge is 0.341 e. The first-order chi connectivity index (χ1) is 17.7. The molecule has 1 amide bonds. The number of nitriles is 1. The van der Waals surface area contributed by atoms with Crippen molar-refractivity contribution in [2.24, 2.45) is 5.92 Å². The van der Waals surface area contributed by atoms with Gasteiger partial charge in [0.1, 0.15) is 11.5 Å². The summed E-state index contributed by atoms with van der Waals surface area (Å²) in [6.45, 7) is 5.71. The lowest BCUT2D eigenvalue weighted by atomic mass is 9.91. The highest BCUT2D eigenvalue weighted by molar-refractivity contribution is 6.04. The number of anilines is 1. The average Bonchev–Trinajstić information content (AvgIpc) is 3.67. The summed E-state index contributed by atoms with van der Waals surface area (Å²) in [5.41, 5.74) is 6.01. The molecule has 1 saturated carbocycles. The first kappa shape index (κ1) is 24.4. The molecule has 37 heavy (non-hydrogen) atoms. The normalized spacial score (nSPS) is 13.3. The standard InChI is InChI=1S/C30H26F2N4O/c1-17-7-4-5-10-24(17)25-13-20(16-33)14-26(18(25)2)28-34-19(3)27(36-28)29(37)35-23-9-6-8-22(15-23)30(31,32)21-11-12-21/h4-10,13-15,21H,11-12H2,1-3H3,(H,34,36)(H,35,37). The number of alkyl halides is 2. The molecule has 0 unspecified atom stereocenters. The molecule has 0 saturated heterocycles. The van der Waals surface area contributed by atoms with Crippen LogP contribution in [-0.4, -0.2) is 15.9 Å². The van der Waals surface area contributed by atoms with E-state index in [1.54, 1.807) is 19.1 Å². The van der Waals surface area contributed by atoms with E-state index in [1.165, 1.54) is 18.2 Å². The lowest BCUT2D eigenvalue weighted by Crippen LogP contribution is -2.18. The van der Waals surface area contributed by atoms with Crippen LogP contribution >= 0.6 is 0 Å². The fourth-order valence-electron chi connectivity index (χ4n) is 4.66. The van der Waals surface area contributed by atoms with Gasteiger partial charge in [0.15, 0.2) is 0 Å². The Kier molecular flexibility index (Phi) is 6.12. The summed E-state index contributed by atoms with van der Waals surface area (Å²) in [6.07, 6.45) is 1.02. The van der Waals surface area contributed by atoms with Crippen LogP contribution in [0.5, 0.6) is 0 Å². The first-order valence-electron chi connectivity index (χ1n) is 12.2. The molecular weight excluding hydrogens is 470 g/mol. The molecule has 0 aliphatic heterocycles. The van der Waals surface area contributed by atoms with E-state index in [4.69, 9.17) is 0 Å². The molecule has 1 fully saturated rings. The minimum Gasteiger partial charge on any atom is -0.341 e. The van der Waals surface area contributed by atoms with Gasteiger partial charge in [-0.1, -0.05) is 36.4 Å². The molecule has 5 nitrogen and oxygen atoms in total. The smallest absolute Gasteiger partial charge is 0.276 e. The van der Waals surface area contributed by atoms with Gasteiger partial charge in [-0.3, -0.25) is 4.79 Å². The maximum atomic E-state index is 14.6. The van der Waals surface area contributed by atoms with Gasteiger partial charge in [0.2, 0.25) is 0 Å². The SMILES string of the molecule is Cc1ccccc1-c1cc(C#N)cc(-c2nc(C(=O)Nc3cccc(C(F)(F)C4CC4)c3)c(C)[nH]2)c1C. The Bertz CT molecular complexity index is 1560. The van der Waals surface area contributed by atoms with E-state index in [1.807, 2.05) is 44.2 Å². The second-order valence-electron chi connectivity index (χ2n) is 9.61. The van der Waals surface area contributed by atoms with Crippen LogP contribution < -0.4 is 5.32 Å². The molecule has 0 spiro atoms. The van der Waals surface area contributed by atoms with Gasteiger partial charge in [-0.2, -0.15) is 5.26 Å². The predicted octanol–water partition coefficient (Wildman–Crippen LogP) is 7.29. The molecule has 0 radical (unpaired) electrons. The van der Waals surface area contributed by atoms with Crippen molar-refractivity contribution < 1.29 is 13.6 Å². The number of halogens is 2. The molecule has 0 bridgehead atoms. The van der Waals surface area contributed by atoms with Crippen molar-refractivity contribution in [3.05, 3.63) is 94.3 Å². The van der Waals surface area contributed by atoms with Crippen molar-refractivity contribution in [3.63, 3.8) is 0 Å². The minimum absolute atomic E-state index is 0.0973. The Labute approximate surface area is 214 Å². The van der Waals surface area contributed by atoms with Gasteiger partial charge >= 0.3 is 0 Å². The Hall–Kier alpha value is -4.31. The third-order valence-corrected chi connectivity index (χ3v) is 6.92. The number of hydrogen-bond acceptors (Lipinski definition) is 3. The number of rotatable bonds is 6. The lowest BCUT2D eigenvalue weighted by Gasteiger charge is -2.17. The second-order valence-corrected chi connectivity index (χ2v) is 9.61. The molecule has 1 aliphatic rings. The van der Waals surface area contributed by atoms with Gasteiger partial charge < -0.3 is 10.3 Å². The average molecular weight is 497 g/mol. The lowest BCUT2D eigenvalue weighted by molar-refractivity contribution is -0.0285. The third kappa shape index (κ3) is 4.63. The van der Waals surface area contributed by atoms with Crippen LogP contribution in [0.1, 0.15) is 51.3 Å². The summed E-state index contributed by atoms with van der Waals surface area (Å²) in [5, 5.41) is 12.4. The molecule has 186 valence electrons. The van der Waals surface area contributed by atoms with E-state index in [0.29, 0.717) is 35.5 Å².